The van der Waals surface area contributed by atoms with E-state index in [0.717, 1.165) is 29.7 Å². The molecule has 0 atom stereocenters. The number of methoxy groups -OCH3 is 1. The summed E-state index contributed by atoms with van der Waals surface area (Å²) in [5.74, 6) is 1.28. The van der Waals surface area contributed by atoms with Crippen molar-refractivity contribution in [3.8, 4) is 28.1 Å². The molecule has 1 aliphatic rings. The zero-order chi connectivity index (χ0) is 29.6. The van der Waals surface area contributed by atoms with E-state index in [1.165, 1.54) is 16.3 Å². The molecular weight excluding hydrogens is 556 g/mol. The summed E-state index contributed by atoms with van der Waals surface area (Å²) in [7, 11) is 1.61. The van der Waals surface area contributed by atoms with Crippen molar-refractivity contribution in [1.29, 1.82) is 5.26 Å². The fourth-order valence-electron chi connectivity index (χ4n) is 4.23. The average Bonchev–Trinajstić information content (AvgIpc) is 3.68. The van der Waals surface area contributed by atoms with Crippen LogP contribution in [0.2, 0.25) is 0 Å². The van der Waals surface area contributed by atoms with Gasteiger partial charge in [0.15, 0.2) is 11.5 Å². The van der Waals surface area contributed by atoms with Gasteiger partial charge in [0.1, 0.15) is 16.0 Å². The summed E-state index contributed by atoms with van der Waals surface area (Å²) in [5, 5.41) is 33.4. The number of aromatic amines is 1. The van der Waals surface area contributed by atoms with Crippen LogP contribution in [0.3, 0.4) is 0 Å². The van der Waals surface area contributed by atoms with Gasteiger partial charge in [0.05, 0.1) is 30.3 Å². The third-order valence-corrected chi connectivity index (χ3v) is 7.41. The quantitative estimate of drug-likeness (QED) is 0.214. The normalized spacial score (nSPS) is 13.5. The van der Waals surface area contributed by atoms with Gasteiger partial charge in [0.25, 0.3) is 5.91 Å². The minimum Gasteiger partial charge on any atom is -0.493 e. The maximum absolute atomic E-state index is 13.6. The number of carbonyl (C=O) groups is 1. The molecule has 0 saturated heterocycles. The number of thiazole rings is 1. The van der Waals surface area contributed by atoms with Crippen molar-refractivity contribution < 1.29 is 14.3 Å². The number of benzene rings is 2. The van der Waals surface area contributed by atoms with Gasteiger partial charge in [-0.25, -0.2) is 15.1 Å². The molecule has 2 aromatic carbocycles. The maximum atomic E-state index is 13.6. The molecule has 0 spiro atoms. The van der Waals surface area contributed by atoms with Crippen molar-refractivity contribution >= 4 is 34.4 Å². The highest BCUT2D eigenvalue weighted by Gasteiger charge is 2.25. The fraction of sp³-hybridized carbons (Fsp3) is 0.286. The number of hydrazone groups is 2. The van der Waals surface area contributed by atoms with Crippen LogP contribution in [0.15, 0.2) is 52.7 Å². The summed E-state index contributed by atoms with van der Waals surface area (Å²) in [6.07, 6.45) is 1.53. The Morgan fingerprint density at radius 3 is 2.67 bits per heavy atom. The molecule has 0 aliphatic carbocycles. The molecular formula is C28H28N10O3S. The average molecular weight is 585 g/mol. The number of hydrogen-bond acceptors (Lipinski definition) is 12. The van der Waals surface area contributed by atoms with E-state index in [1.54, 1.807) is 19.2 Å². The lowest BCUT2D eigenvalue weighted by atomic mass is 10.0. The lowest BCUT2D eigenvalue weighted by Gasteiger charge is -2.24. The van der Waals surface area contributed by atoms with Crippen LogP contribution in [0, 0.1) is 18.3 Å². The maximum Gasteiger partial charge on any atom is 0.285 e. The molecule has 0 saturated carbocycles. The predicted octanol–water partition coefficient (Wildman–Crippen LogP) is 4.41. The smallest absolute Gasteiger partial charge is 0.285 e. The first kappa shape index (κ1) is 28.4. The molecule has 1 amide bonds. The van der Waals surface area contributed by atoms with Crippen molar-refractivity contribution in [2.24, 2.45) is 10.2 Å². The second kappa shape index (κ2) is 12.6. The first-order valence-corrected chi connectivity index (χ1v) is 14.0. The van der Waals surface area contributed by atoms with Gasteiger partial charge in [-0.15, -0.1) is 16.4 Å². The van der Waals surface area contributed by atoms with Gasteiger partial charge < -0.3 is 9.47 Å². The Bertz CT molecular complexity index is 1670. The number of tetrazole rings is 1. The summed E-state index contributed by atoms with van der Waals surface area (Å²) in [5.41, 5.74) is 6.68. The van der Waals surface area contributed by atoms with E-state index >= 15 is 0 Å². The zero-order valence-corrected chi connectivity index (χ0v) is 24.3. The predicted molar refractivity (Wildman–Crippen MR) is 158 cm³/mol. The zero-order valence-electron chi connectivity index (χ0n) is 23.5. The third kappa shape index (κ3) is 6.26. The van der Waals surface area contributed by atoms with Gasteiger partial charge in [-0.2, -0.15) is 15.5 Å². The standard InChI is InChI=1S/C28H28N10O3S/c1-16(2)41-24-14-19(9-12-23(24)40-4)21-6-5-13-38(35-21)28(39)25-17(3)30-27(42-25)18-7-10-20(11-8-18)31-32-22(15-29)26-33-36-37-34-26/h7-12,14,16,31H,5-6,13H2,1-4H3,(H,33,34,36,37)/b32-22-. The third-order valence-electron chi connectivity index (χ3n) is 6.21. The molecule has 0 bridgehead atoms. The Morgan fingerprint density at radius 2 is 1.98 bits per heavy atom. The van der Waals surface area contributed by atoms with Crippen LogP contribution in [-0.2, 0) is 0 Å². The number of hydrogen-bond donors (Lipinski definition) is 2. The minimum atomic E-state index is -0.181. The minimum absolute atomic E-state index is 0.00993. The fourth-order valence-corrected chi connectivity index (χ4v) is 5.24. The Kier molecular flexibility index (Phi) is 8.49. The van der Waals surface area contributed by atoms with Crippen LogP contribution in [0.25, 0.3) is 10.6 Å². The van der Waals surface area contributed by atoms with Gasteiger partial charge in [-0.1, -0.05) is 0 Å². The molecule has 214 valence electrons. The van der Waals surface area contributed by atoms with E-state index < -0.39 is 0 Å². The SMILES string of the molecule is COc1ccc(C2=NN(C(=O)c3sc(-c4ccc(N/N=C(/C#N)c5nnn[nH]5)cc4)nc3C)CCC2)cc1OC(C)C. The van der Waals surface area contributed by atoms with E-state index in [9.17, 15) is 10.1 Å². The van der Waals surface area contributed by atoms with E-state index in [-0.39, 0.29) is 23.5 Å². The Balaban J connectivity index is 1.32. The molecule has 2 aromatic heterocycles. The number of nitriles is 1. The Labute approximate surface area is 245 Å². The Hall–Kier alpha value is -5.16. The number of H-pyrrole nitrogens is 1. The van der Waals surface area contributed by atoms with Gasteiger partial charge in [-0.3, -0.25) is 10.2 Å². The monoisotopic (exact) mass is 584 g/mol. The molecule has 14 heteroatoms. The molecule has 4 aromatic rings. The molecule has 1 aliphatic heterocycles. The summed E-state index contributed by atoms with van der Waals surface area (Å²) in [4.78, 5) is 18.8. The molecule has 13 nitrogen and oxygen atoms in total. The number of amides is 1. The molecule has 0 unspecified atom stereocenters. The van der Waals surface area contributed by atoms with Gasteiger partial charge in [0.2, 0.25) is 11.5 Å². The summed E-state index contributed by atoms with van der Waals surface area (Å²) < 4.78 is 11.4. The van der Waals surface area contributed by atoms with Gasteiger partial charge in [0, 0.05) is 17.7 Å². The number of ether oxygens (including phenoxy) is 2. The lowest BCUT2D eigenvalue weighted by Crippen LogP contribution is -2.32. The van der Waals surface area contributed by atoms with E-state index in [0.29, 0.717) is 39.3 Å². The molecule has 42 heavy (non-hydrogen) atoms. The number of anilines is 1. The topological polar surface area (TPSA) is 167 Å². The van der Waals surface area contributed by atoms with Crippen LogP contribution in [0.1, 0.15) is 53.4 Å². The van der Waals surface area contributed by atoms with Gasteiger partial charge >= 0.3 is 0 Å². The molecule has 2 N–H and O–H groups in total. The van der Waals surface area contributed by atoms with Crippen molar-refractivity contribution in [1.82, 2.24) is 30.6 Å². The number of aromatic nitrogens is 5. The summed E-state index contributed by atoms with van der Waals surface area (Å²) in [6.45, 7) is 6.27. The van der Waals surface area contributed by atoms with E-state index in [1.807, 2.05) is 57.2 Å². The number of nitrogens with one attached hydrogen (secondary N) is 2. The summed E-state index contributed by atoms with van der Waals surface area (Å²) in [6, 6.07) is 15.0. The largest absolute Gasteiger partial charge is 0.493 e. The second-order valence-corrected chi connectivity index (χ2v) is 10.6. The highest BCUT2D eigenvalue weighted by atomic mass is 32.1. The number of nitrogens with zero attached hydrogens (tertiary/aromatic N) is 8. The number of rotatable bonds is 9. The number of aryl methyl sites for hydroxylation is 1. The number of carbonyl (C=O) groups excluding carboxylic acids is 1. The molecule has 3 heterocycles. The first-order chi connectivity index (χ1) is 20.4. The Morgan fingerprint density at radius 1 is 1.19 bits per heavy atom. The van der Waals surface area contributed by atoms with E-state index in [2.05, 4.69) is 36.1 Å². The van der Waals surface area contributed by atoms with Crippen LogP contribution >= 0.6 is 11.3 Å². The van der Waals surface area contributed by atoms with Crippen molar-refractivity contribution in [3.63, 3.8) is 0 Å². The lowest BCUT2D eigenvalue weighted by molar-refractivity contribution is 0.0755. The highest BCUT2D eigenvalue weighted by Crippen LogP contribution is 2.32. The van der Waals surface area contributed by atoms with Crippen molar-refractivity contribution in [3.05, 3.63) is 64.4 Å². The molecule has 0 fully saturated rings. The summed E-state index contributed by atoms with van der Waals surface area (Å²) >= 11 is 1.33. The van der Waals surface area contributed by atoms with Crippen LogP contribution in [0.4, 0.5) is 5.69 Å². The van der Waals surface area contributed by atoms with Crippen molar-refractivity contribution in [2.45, 2.75) is 39.7 Å². The molecule has 0 radical (unpaired) electrons. The molecule has 5 rings (SSSR count). The van der Waals surface area contributed by atoms with Crippen LogP contribution in [-0.4, -0.2) is 67.7 Å². The van der Waals surface area contributed by atoms with Crippen LogP contribution in [0.5, 0.6) is 11.5 Å². The van der Waals surface area contributed by atoms with E-state index in [4.69, 9.17) is 14.6 Å². The first-order valence-electron chi connectivity index (χ1n) is 13.2. The van der Waals surface area contributed by atoms with Gasteiger partial charge in [-0.05, 0) is 86.5 Å². The van der Waals surface area contributed by atoms with Crippen LogP contribution < -0.4 is 14.9 Å². The van der Waals surface area contributed by atoms with Crippen molar-refractivity contribution in [2.75, 3.05) is 19.1 Å². The second-order valence-electron chi connectivity index (χ2n) is 9.56. The highest BCUT2D eigenvalue weighted by molar-refractivity contribution is 7.17.